The highest BCUT2D eigenvalue weighted by Crippen LogP contribution is 2.35. The van der Waals surface area contributed by atoms with Crippen molar-refractivity contribution in [2.75, 3.05) is 11.4 Å². The van der Waals surface area contributed by atoms with Gasteiger partial charge in [0, 0.05) is 36.5 Å². The van der Waals surface area contributed by atoms with Crippen molar-refractivity contribution in [3.63, 3.8) is 0 Å². The maximum atomic E-state index is 13.2. The zero-order valence-electron chi connectivity index (χ0n) is 15.6. The molecule has 4 nitrogen and oxygen atoms in total. The van der Waals surface area contributed by atoms with E-state index in [1.165, 1.54) is 5.56 Å². The van der Waals surface area contributed by atoms with Crippen LogP contribution in [0.1, 0.15) is 37.4 Å². The molecule has 0 spiro atoms. The van der Waals surface area contributed by atoms with Gasteiger partial charge in [0.05, 0.1) is 0 Å². The summed E-state index contributed by atoms with van der Waals surface area (Å²) >= 11 is 0. The van der Waals surface area contributed by atoms with Gasteiger partial charge in [0.15, 0.2) is 5.82 Å². The van der Waals surface area contributed by atoms with Crippen LogP contribution in [0.3, 0.4) is 0 Å². The van der Waals surface area contributed by atoms with Crippen LogP contribution in [-0.2, 0) is 6.42 Å². The van der Waals surface area contributed by atoms with Gasteiger partial charge in [0.1, 0.15) is 17.3 Å². The third kappa shape index (κ3) is 3.68. The second-order valence-corrected chi connectivity index (χ2v) is 7.10. The summed E-state index contributed by atoms with van der Waals surface area (Å²) < 4.78 is 13.2. The normalized spacial score (nSPS) is 19.4. The molecule has 2 unspecified atom stereocenters. The maximum Gasteiger partial charge on any atom is 0.180 e. The summed E-state index contributed by atoms with van der Waals surface area (Å²) in [6.07, 6.45) is 3.63. The first-order valence-corrected chi connectivity index (χ1v) is 9.45. The lowest BCUT2D eigenvalue weighted by atomic mass is 9.97. The largest absolute Gasteiger partial charge is 0.353 e. The number of hydrogen-bond donors (Lipinski definition) is 0. The lowest BCUT2D eigenvalue weighted by molar-refractivity contribution is 0.625. The number of halogens is 1. The maximum absolute atomic E-state index is 13.2. The van der Waals surface area contributed by atoms with E-state index >= 15 is 0 Å². The van der Waals surface area contributed by atoms with E-state index in [4.69, 9.17) is 4.98 Å². The summed E-state index contributed by atoms with van der Waals surface area (Å²) in [5, 5.41) is 0. The van der Waals surface area contributed by atoms with Gasteiger partial charge in [-0.15, -0.1) is 0 Å². The van der Waals surface area contributed by atoms with E-state index in [0.29, 0.717) is 17.8 Å². The molecule has 3 aromatic rings. The van der Waals surface area contributed by atoms with Gasteiger partial charge >= 0.3 is 0 Å². The first kappa shape index (κ1) is 17.6. The molecule has 3 heterocycles. The molecule has 0 aliphatic carbocycles. The molecule has 1 aliphatic heterocycles. The van der Waals surface area contributed by atoms with Gasteiger partial charge in [-0.2, -0.15) is 0 Å². The molecule has 1 fully saturated rings. The molecule has 1 saturated heterocycles. The molecule has 5 heteroatoms. The van der Waals surface area contributed by atoms with Crippen LogP contribution in [0.4, 0.5) is 10.2 Å². The molecule has 0 amide bonds. The zero-order chi connectivity index (χ0) is 18.8. The average Bonchev–Trinajstić information content (AvgIpc) is 3.10. The monoisotopic (exact) mass is 362 g/mol. The summed E-state index contributed by atoms with van der Waals surface area (Å²) in [6.45, 7) is 5.19. The molecule has 138 valence electrons. The minimum Gasteiger partial charge on any atom is -0.353 e. The summed E-state index contributed by atoms with van der Waals surface area (Å²) in [5.41, 5.74) is 2.98. The van der Waals surface area contributed by atoms with Crippen molar-refractivity contribution in [3.8, 4) is 11.5 Å². The fraction of sp³-hybridized carbons (Fsp3) is 0.318. The summed E-state index contributed by atoms with van der Waals surface area (Å²) in [5.74, 6) is 1.80. The highest BCUT2D eigenvalue weighted by Gasteiger charge is 2.31. The predicted molar refractivity (Wildman–Crippen MR) is 105 cm³/mol. The van der Waals surface area contributed by atoms with Gasteiger partial charge in [-0.1, -0.05) is 25.1 Å². The van der Waals surface area contributed by atoms with E-state index in [0.717, 1.165) is 36.6 Å². The average molecular weight is 362 g/mol. The van der Waals surface area contributed by atoms with Crippen molar-refractivity contribution < 1.29 is 4.39 Å². The minimum atomic E-state index is -0.190. The molecular formula is C22H23FN4. The first-order chi connectivity index (χ1) is 13.1. The molecule has 2 aromatic heterocycles. The van der Waals surface area contributed by atoms with Gasteiger partial charge in [-0.25, -0.2) is 14.4 Å². The van der Waals surface area contributed by atoms with Crippen LogP contribution >= 0.6 is 0 Å². The van der Waals surface area contributed by atoms with Gasteiger partial charge in [0.2, 0.25) is 0 Å². The minimum absolute atomic E-state index is 0.190. The number of hydrogen-bond acceptors (Lipinski definition) is 4. The zero-order valence-corrected chi connectivity index (χ0v) is 15.6. The quantitative estimate of drug-likeness (QED) is 0.679. The summed E-state index contributed by atoms with van der Waals surface area (Å²) in [6, 6.07) is 15.1. The lowest BCUT2D eigenvalue weighted by Gasteiger charge is -2.23. The predicted octanol–water partition coefficient (Wildman–Crippen LogP) is 4.62. The Kier molecular flexibility index (Phi) is 4.84. The Hall–Kier alpha value is -2.82. The first-order valence-electron chi connectivity index (χ1n) is 9.45. The van der Waals surface area contributed by atoms with Crippen molar-refractivity contribution in [2.24, 2.45) is 0 Å². The SMILES string of the molecule is CCc1cc(N2CC(c3ccc(F)cc3)CC2C)nc(-c2ccccn2)n1. The fourth-order valence-corrected chi connectivity index (χ4v) is 3.75. The molecule has 0 saturated carbocycles. The number of rotatable bonds is 4. The van der Waals surface area contributed by atoms with E-state index < -0.39 is 0 Å². The number of nitrogens with zero attached hydrogens (tertiary/aromatic N) is 4. The van der Waals surface area contributed by atoms with Crippen molar-refractivity contribution in [1.29, 1.82) is 0 Å². The Morgan fingerprint density at radius 2 is 1.93 bits per heavy atom. The number of pyridine rings is 1. The highest BCUT2D eigenvalue weighted by molar-refractivity contribution is 5.55. The van der Waals surface area contributed by atoms with Crippen LogP contribution < -0.4 is 4.90 Å². The lowest BCUT2D eigenvalue weighted by Crippen LogP contribution is -2.28. The summed E-state index contributed by atoms with van der Waals surface area (Å²) in [7, 11) is 0. The molecule has 27 heavy (non-hydrogen) atoms. The van der Waals surface area contributed by atoms with Gasteiger partial charge < -0.3 is 4.90 Å². The summed E-state index contributed by atoms with van der Waals surface area (Å²) in [4.78, 5) is 16.2. The Labute approximate surface area is 159 Å². The number of aromatic nitrogens is 3. The van der Waals surface area contributed by atoms with Crippen LogP contribution in [0.5, 0.6) is 0 Å². The molecule has 0 bridgehead atoms. The Morgan fingerprint density at radius 3 is 2.63 bits per heavy atom. The van der Waals surface area contributed by atoms with E-state index in [1.54, 1.807) is 18.3 Å². The standard InChI is InChI=1S/C22H23FN4/c1-3-19-13-21(26-22(25-19)20-6-4-5-11-24-20)27-14-17(12-15(27)2)16-7-9-18(23)10-8-16/h4-11,13,15,17H,3,12,14H2,1-2H3. The Bertz CT molecular complexity index is 911. The molecular weight excluding hydrogens is 339 g/mol. The number of benzene rings is 1. The van der Waals surface area contributed by atoms with Crippen LogP contribution in [-0.4, -0.2) is 27.5 Å². The van der Waals surface area contributed by atoms with Gasteiger partial charge in [0.25, 0.3) is 0 Å². The highest BCUT2D eigenvalue weighted by atomic mass is 19.1. The molecule has 4 rings (SSSR count). The molecule has 2 atom stereocenters. The van der Waals surface area contributed by atoms with Gasteiger partial charge in [-0.3, -0.25) is 4.98 Å². The number of anilines is 1. The number of aryl methyl sites for hydroxylation is 1. The fourth-order valence-electron chi connectivity index (χ4n) is 3.75. The third-order valence-electron chi connectivity index (χ3n) is 5.23. The Morgan fingerprint density at radius 1 is 1.11 bits per heavy atom. The molecule has 0 radical (unpaired) electrons. The van der Waals surface area contributed by atoms with Crippen LogP contribution in [0.15, 0.2) is 54.7 Å². The van der Waals surface area contributed by atoms with Crippen molar-refractivity contribution in [3.05, 3.63) is 71.8 Å². The van der Waals surface area contributed by atoms with Crippen LogP contribution in [0.25, 0.3) is 11.5 Å². The van der Waals surface area contributed by atoms with Crippen LogP contribution in [0.2, 0.25) is 0 Å². The van der Waals surface area contributed by atoms with E-state index in [-0.39, 0.29) is 5.82 Å². The molecule has 1 aliphatic rings. The van der Waals surface area contributed by atoms with Crippen molar-refractivity contribution in [2.45, 2.75) is 38.6 Å². The van der Waals surface area contributed by atoms with Crippen molar-refractivity contribution in [1.82, 2.24) is 15.0 Å². The smallest absolute Gasteiger partial charge is 0.180 e. The van der Waals surface area contributed by atoms with E-state index in [2.05, 4.69) is 34.8 Å². The van der Waals surface area contributed by atoms with E-state index in [9.17, 15) is 4.39 Å². The third-order valence-corrected chi connectivity index (χ3v) is 5.23. The second-order valence-electron chi connectivity index (χ2n) is 7.10. The second kappa shape index (κ2) is 7.43. The molecule has 0 N–H and O–H groups in total. The van der Waals surface area contributed by atoms with Crippen molar-refractivity contribution >= 4 is 5.82 Å². The van der Waals surface area contributed by atoms with E-state index in [1.807, 2.05) is 30.3 Å². The van der Waals surface area contributed by atoms with Crippen LogP contribution in [0, 0.1) is 5.82 Å². The topological polar surface area (TPSA) is 41.9 Å². The molecule has 1 aromatic carbocycles. The Balaban J connectivity index is 1.65. The van der Waals surface area contributed by atoms with Gasteiger partial charge in [-0.05, 0) is 49.6 Å².